The van der Waals surface area contributed by atoms with Crippen LogP contribution in [0, 0.1) is 17.0 Å². The van der Waals surface area contributed by atoms with E-state index >= 15 is 0 Å². The van der Waals surface area contributed by atoms with Crippen LogP contribution >= 0.6 is 0 Å². The SMILES string of the molecule is CC(=NNc1nnc(C)c(=O)[nH]1)c1cccc([N+](=O)[O-])c1. The maximum atomic E-state index is 11.4. The summed E-state index contributed by atoms with van der Waals surface area (Å²) in [6, 6.07) is 6.06. The highest BCUT2D eigenvalue weighted by atomic mass is 16.6. The van der Waals surface area contributed by atoms with E-state index in [1.807, 2.05) is 0 Å². The number of hydrazone groups is 1. The molecule has 1 aromatic carbocycles. The Labute approximate surface area is 118 Å². The van der Waals surface area contributed by atoms with Crippen LogP contribution < -0.4 is 11.0 Å². The van der Waals surface area contributed by atoms with E-state index in [1.165, 1.54) is 19.1 Å². The summed E-state index contributed by atoms with van der Waals surface area (Å²) in [6.07, 6.45) is 0. The van der Waals surface area contributed by atoms with Crippen molar-refractivity contribution < 1.29 is 4.92 Å². The van der Waals surface area contributed by atoms with E-state index in [0.29, 0.717) is 11.3 Å². The normalized spacial score (nSPS) is 11.2. The Morgan fingerprint density at radius 3 is 2.86 bits per heavy atom. The smallest absolute Gasteiger partial charge is 0.274 e. The lowest BCUT2D eigenvalue weighted by molar-refractivity contribution is -0.384. The minimum atomic E-state index is -0.479. The van der Waals surface area contributed by atoms with Crippen molar-refractivity contribution in [3.8, 4) is 0 Å². The molecule has 1 aromatic heterocycles. The number of hydrogen-bond donors (Lipinski definition) is 2. The van der Waals surface area contributed by atoms with Crippen molar-refractivity contribution in [3.63, 3.8) is 0 Å². The Kier molecular flexibility index (Phi) is 4.02. The fourth-order valence-electron chi connectivity index (χ4n) is 1.49. The molecule has 0 radical (unpaired) electrons. The van der Waals surface area contributed by atoms with Gasteiger partial charge in [0.15, 0.2) is 0 Å². The Balaban J connectivity index is 2.21. The number of aromatic nitrogens is 3. The molecule has 2 rings (SSSR count). The van der Waals surface area contributed by atoms with Crippen LogP contribution in [0.2, 0.25) is 0 Å². The van der Waals surface area contributed by atoms with Crippen LogP contribution in [0.1, 0.15) is 18.2 Å². The van der Waals surface area contributed by atoms with Gasteiger partial charge in [0, 0.05) is 17.7 Å². The molecule has 9 heteroatoms. The number of hydrogen-bond acceptors (Lipinski definition) is 7. The van der Waals surface area contributed by atoms with Crippen molar-refractivity contribution in [1.29, 1.82) is 0 Å². The highest BCUT2D eigenvalue weighted by Crippen LogP contribution is 2.13. The molecule has 0 atom stereocenters. The predicted molar refractivity (Wildman–Crippen MR) is 76.3 cm³/mol. The summed E-state index contributed by atoms with van der Waals surface area (Å²) in [5.41, 5.74) is 3.50. The summed E-state index contributed by atoms with van der Waals surface area (Å²) >= 11 is 0. The van der Waals surface area contributed by atoms with Gasteiger partial charge >= 0.3 is 0 Å². The minimum Gasteiger partial charge on any atom is -0.288 e. The summed E-state index contributed by atoms with van der Waals surface area (Å²) in [7, 11) is 0. The van der Waals surface area contributed by atoms with Crippen molar-refractivity contribution in [3.05, 3.63) is 56.0 Å². The molecular weight excluding hydrogens is 276 g/mol. The second-order valence-corrected chi connectivity index (χ2v) is 4.20. The zero-order chi connectivity index (χ0) is 15.4. The van der Waals surface area contributed by atoms with Gasteiger partial charge in [0.05, 0.1) is 10.6 Å². The maximum Gasteiger partial charge on any atom is 0.274 e. The Hall–Kier alpha value is -3.10. The number of nitro groups is 1. The van der Waals surface area contributed by atoms with Gasteiger partial charge in [-0.2, -0.15) is 5.10 Å². The van der Waals surface area contributed by atoms with Crippen LogP contribution in [-0.4, -0.2) is 25.8 Å². The molecule has 1 heterocycles. The molecule has 0 saturated heterocycles. The summed E-state index contributed by atoms with van der Waals surface area (Å²) in [5, 5.41) is 22.1. The number of nitro benzene ring substituents is 1. The molecule has 0 aliphatic carbocycles. The van der Waals surface area contributed by atoms with Crippen molar-refractivity contribution in [1.82, 2.24) is 15.2 Å². The van der Waals surface area contributed by atoms with E-state index < -0.39 is 4.92 Å². The molecule has 108 valence electrons. The quantitative estimate of drug-likeness (QED) is 0.494. The number of non-ortho nitro benzene ring substituents is 1. The lowest BCUT2D eigenvalue weighted by Gasteiger charge is -2.02. The van der Waals surface area contributed by atoms with E-state index in [9.17, 15) is 14.9 Å². The van der Waals surface area contributed by atoms with Crippen LogP contribution in [-0.2, 0) is 0 Å². The number of aromatic amines is 1. The van der Waals surface area contributed by atoms with Gasteiger partial charge in [-0.3, -0.25) is 19.9 Å². The molecule has 0 amide bonds. The van der Waals surface area contributed by atoms with Crippen molar-refractivity contribution in [2.24, 2.45) is 5.10 Å². The zero-order valence-electron chi connectivity index (χ0n) is 11.3. The van der Waals surface area contributed by atoms with Crippen molar-refractivity contribution in [2.75, 3.05) is 5.43 Å². The topological polar surface area (TPSA) is 126 Å². The molecular formula is C12H12N6O3. The number of nitrogens with zero attached hydrogens (tertiary/aromatic N) is 4. The Bertz CT molecular complexity index is 768. The Morgan fingerprint density at radius 2 is 2.19 bits per heavy atom. The van der Waals surface area contributed by atoms with E-state index in [0.717, 1.165) is 0 Å². The largest absolute Gasteiger partial charge is 0.288 e. The van der Waals surface area contributed by atoms with Gasteiger partial charge in [-0.25, -0.2) is 5.43 Å². The first-order valence-corrected chi connectivity index (χ1v) is 5.96. The molecule has 21 heavy (non-hydrogen) atoms. The third-order valence-electron chi connectivity index (χ3n) is 2.66. The standard InChI is InChI=1S/C12H12N6O3/c1-7(9-4-3-5-10(6-9)18(20)21)14-16-12-13-11(19)8(2)15-17-12/h3-6H,1-2H3,(H2,13,16,17,19). The maximum absolute atomic E-state index is 11.4. The van der Waals surface area contributed by atoms with Crippen LogP contribution in [0.3, 0.4) is 0 Å². The highest BCUT2D eigenvalue weighted by Gasteiger charge is 2.07. The van der Waals surface area contributed by atoms with Gasteiger partial charge in [0.25, 0.3) is 11.2 Å². The lowest BCUT2D eigenvalue weighted by Crippen LogP contribution is -2.16. The van der Waals surface area contributed by atoms with Gasteiger partial charge < -0.3 is 0 Å². The second-order valence-electron chi connectivity index (χ2n) is 4.20. The van der Waals surface area contributed by atoms with Crippen LogP contribution in [0.15, 0.2) is 34.2 Å². The molecule has 0 spiro atoms. The van der Waals surface area contributed by atoms with E-state index in [1.54, 1.807) is 19.1 Å². The predicted octanol–water partition coefficient (Wildman–Crippen LogP) is 1.22. The van der Waals surface area contributed by atoms with Gasteiger partial charge in [0.1, 0.15) is 5.69 Å². The zero-order valence-corrected chi connectivity index (χ0v) is 11.3. The van der Waals surface area contributed by atoms with Crippen LogP contribution in [0.25, 0.3) is 0 Å². The summed E-state index contributed by atoms with van der Waals surface area (Å²) in [4.78, 5) is 24.0. The van der Waals surface area contributed by atoms with Crippen molar-refractivity contribution in [2.45, 2.75) is 13.8 Å². The molecule has 0 bridgehead atoms. The summed E-state index contributed by atoms with van der Waals surface area (Å²) in [6.45, 7) is 3.21. The highest BCUT2D eigenvalue weighted by molar-refractivity contribution is 5.99. The average molecular weight is 288 g/mol. The van der Waals surface area contributed by atoms with E-state index in [-0.39, 0.29) is 22.9 Å². The van der Waals surface area contributed by atoms with Gasteiger partial charge in [-0.1, -0.05) is 12.1 Å². The molecule has 9 nitrogen and oxygen atoms in total. The number of nitrogens with one attached hydrogen (secondary N) is 2. The molecule has 0 unspecified atom stereocenters. The summed E-state index contributed by atoms with van der Waals surface area (Å²) < 4.78 is 0. The van der Waals surface area contributed by atoms with E-state index in [2.05, 4.69) is 25.7 Å². The lowest BCUT2D eigenvalue weighted by atomic mass is 10.1. The first-order valence-electron chi connectivity index (χ1n) is 5.96. The first kappa shape index (κ1) is 14.3. The number of benzene rings is 1. The fourth-order valence-corrected chi connectivity index (χ4v) is 1.49. The molecule has 0 saturated carbocycles. The second kappa shape index (κ2) is 5.90. The van der Waals surface area contributed by atoms with Gasteiger partial charge in [0.2, 0.25) is 5.95 Å². The number of anilines is 1. The van der Waals surface area contributed by atoms with E-state index in [4.69, 9.17) is 0 Å². The minimum absolute atomic E-state index is 0.0226. The fraction of sp³-hybridized carbons (Fsp3) is 0.167. The number of aryl methyl sites for hydroxylation is 1. The molecule has 2 N–H and O–H groups in total. The number of H-pyrrole nitrogens is 1. The van der Waals surface area contributed by atoms with Crippen LogP contribution in [0.5, 0.6) is 0 Å². The third-order valence-corrected chi connectivity index (χ3v) is 2.66. The average Bonchev–Trinajstić information content (AvgIpc) is 2.48. The van der Waals surface area contributed by atoms with Gasteiger partial charge in [-0.05, 0) is 13.8 Å². The molecule has 0 aliphatic rings. The third kappa shape index (κ3) is 3.47. The number of rotatable bonds is 4. The van der Waals surface area contributed by atoms with Crippen LogP contribution in [0.4, 0.5) is 11.6 Å². The summed E-state index contributed by atoms with van der Waals surface area (Å²) in [5.74, 6) is 0.0929. The van der Waals surface area contributed by atoms with Gasteiger partial charge in [-0.15, -0.1) is 10.2 Å². The molecule has 0 fully saturated rings. The Morgan fingerprint density at radius 1 is 1.43 bits per heavy atom. The monoisotopic (exact) mass is 288 g/mol. The molecule has 0 aliphatic heterocycles. The molecule has 2 aromatic rings. The first-order chi connectivity index (χ1) is 9.97. The van der Waals surface area contributed by atoms with Crippen molar-refractivity contribution >= 4 is 17.3 Å².